The molecule has 6 nitrogen and oxygen atoms in total. The number of nitrogens with zero attached hydrogens (tertiary/aromatic N) is 2. The molecule has 0 fully saturated rings. The fraction of sp³-hybridized carbons (Fsp3) is 0.182. The lowest BCUT2D eigenvalue weighted by molar-refractivity contribution is -0.274. The molecule has 0 saturated heterocycles. The van der Waals surface area contributed by atoms with Gasteiger partial charge in [0.1, 0.15) is 11.8 Å². The lowest BCUT2D eigenvalue weighted by Crippen LogP contribution is -2.22. The van der Waals surface area contributed by atoms with E-state index < -0.39 is 17.9 Å². The van der Waals surface area contributed by atoms with Gasteiger partial charge in [0.2, 0.25) is 5.71 Å². The number of halogens is 4. The van der Waals surface area contributed by atoms with E-state index in [2.05, 4.69) is 15.3 Å². The van der Waals surface area contributed by atoms with Gasteiger partial charge in [0.25, 0.3) is 0 Å². The van der Waals surface area contributed by atoms with Crippen LogP contribution in [-0.2, 0) is 0 Å². The van der Waals surface area contributed by atoms with E-state index >= 15 is 0 Å². The van der Waals surface area contributed by atoms with Crippen LogP contribution in [0.4, 0.5) is 18.9 Å². The number of nitrogens with two attached hydrogens (primary N) is 1. The number of rotatable bonds is 4. The number of nitrogens with one attached hydrogen (secondary N) is 2. The van der Waals surface area contributed by atoms with Crippen LogP contribution in [0.25, 0.3) is 0 Å². The molecule has 1 rings (SSSR count). The van der Waals surface area contributed by atoms with Gasteiger partial charge in [-0.2, -0.15) is 10.4 Å². The monoisotopic (exact) mass is 319 g/mol. The summed E-state index contributed by atoms with van der Waals surface area (Å²) in [5, 5.41) is 19.0. The minimum atomic E-state index is -4.86. The molecule has 4 N–H and O–H groups in total. The molecule has 10 heteroatoms. The van der Waals surface area contributed by atoms with Gasteiger partial charge in [-0.15, -0.1) is 13.2 Å². The van der Waals surface area contributed by atoms with Crippen LogP contribution in [0, 0.1) is 23.7 Å². The van der Waals surface area contributed by atoms with Crippen LogP contribution in [0.2, 0.25) is 5.02 Å². The maximum Gasteiger partial charge on any atom is 0.573 e. The Bertz CT molecular complexity index is 636. The minimum Gasteiger partial charge on any atom is -0.404 e. The van der Waals surface area contributed by atoms with Crippen molar-refractivity contribution in [3.63, 3.8) is 0 Å². The van der Waals surface area contributed by atoms with Crippen LogP contribution in [0.5, 0.6) is 5.75 Å². The van der Waals surface area contributed by atoms with Crippen LogP contribution in [0.15, 0.2) is 17.2 Å². The van der Waals surface area contributed by atoms with Crippen molar-refractivity contribution < 1.29 is 17.9 Å². The fourth-order valence-corrected chi connectivity index (χ4v) is 1.44. The summed E-state index contributed by atoms with van der Waals surface area (Å²) in [6, 6.07) is 3.79. The normalized spacial score (nSPS) is 11.7. The number of aryl methyl sites for hydroxylation is 1. The van der Waals surface area contributed by atoms with Crippen molar-refractivity contribution in [1.29, 1.82) is 10.7 Å². The summed E-state index contributed by atoms with van der Waals surface area (Å²) in [5.74, 6) is -1.10. The van der Waals surface area contributed by atoms with Crippen LogP contribution in [0.3, 0.4) is 0 Å². The van der Waals surface area contributed by atoms with E-state index in [9.17, 15) is 13.2 Å². The maximum absolute atomic E-state index is 12.2. The van der Waals surface area contributed by atoms with Crippen LogP contribution >= 0.6 is 11.6 Å². The Hall–Kier alpha value is -2.47. The second-order valence-electron chi connectivity index (χ2n) is 3.74. The summed E-state index contributed by atoms with van der Waals surface area (Å²) >= 11 is 5.67. The number of alkyl halides is 3. The molecule has 0 saturated carbocycles. The highest BCUT2D eigenvalue weighted by Crippen LogP contribution is 2.34. The predicted molar refractivity (Wildman–Crippen MR) is 71.5 cm³/mol. The lowest BCUT2D eigenvalue weighted by Gasteiger charge is -2.13. The first-order valence-electron chi connectivity index (χ1n) is 5.28. The topological polar surface area (TPSA) is 107 Å². The number of hydrazone groups is 1. The summed E-state index contributed by atoms with van der Waals surface area (Å²) in [4.78, 5) is 0. The van der Waals surface area contributed by atoms with E-state index in [-0.39, 0.29) is 16.4 Å². The highest BCUT2D eigenvalue weighted by molar-refractivity contribution is 6.45. The minimum absolute atomic E-state index is 0.239. The van der Waals surface area contributed by atoms with Gasteiger partial charge < -0.3 is 10.5 Å². The van der Waals surface area contributed by atoms with E-state index in [0.717, 1.165) is 12.1 Å². The van der Waals surface area contributed by atoms with Gasteiger partial charge in [-0.05, 0) is 24.6 Å². The number of anilines is 1. The quantitative estimate of drug-likeness (QED) is 0.450. The average Bonchev–Trinajstić information content (AvgIpc) is 2.33. The molecular formula is C11H9ClF3N5O. The van der Waals surface area contributed by atoms with Gasteiger partial charge >= 0.3 is 6.36 Å². The van der Waals surface area contributed by atoms with Crippen LogP contribution < -0.4 is 15.9 Å². The molecule has 0 aromatic heterocycles. The molecule has 21 heavy (non-hydrogen) atoms. The number of hydrogen-bond acceptors (Lipinski definition) is 5. The molecule has 0 aliphatic carbocycles. The van der Waals surface area contributed by atoms with E-state index in [1.165, 1.54) is 6.92 Å². The molecule has 1 aromatic carbocycles. The molecular weight excluding hydrogens is 311 g/mol. The molecule has 112 valence electrons. The summed E-state index contributed by atoms with van der Waals surface area (Å²) in [7, 11) is 0. The Kier molecular flexibility index (Phi) is 4.99. The number of benzene rings is 1. The van der Waals surface area contributed by atoms with E-state index in [1.807, 2.05) is 0 Å². The largest absolute Gasteiger partial charge is 0.573 e. The maximum atomic E-state index is 12.2. The average molecular weight is 320 g/mol. The molecule has 0 bridgehead atoms. The molecule has 0 aliphatic heterocycles. The second-order valence-corrected chi connectivity index (χ2v) is 4.15. The van der Waals surface area contributed by atoms with Crippen molar-refractivity contribution in [3.8, 4) is 11.8 Å². The highest BCUT2D eigenvalue weighted by Gasteiger charge is 2.32. The second kappa shape index (κ2) is 6.32. The van der Waals surface area contributed by atoms with Gasteiger partial charge in [0.05, 0.1) is 10.7 Å². The highest BCUT2D eigenvalue weighted by atomic mass is 35.5. The predicted octanol–water partition coefficient (Wildman–Crippen LogP) is 2.77. The zero-order chi connectivity index (χ0) is 16.2. The molecule has 1 aromatic rings. The molecule has 0 atom stereocenters. The summed E-state index contributed by atoms with van der Waals surface area (Å²) in [5.41, 5.74) is 7.69. The van der Waals surface area contributed by atoms with Crippen LogP contribution in [0.1, 0.15) is 5.56 Å². The molecule has 0 amide bonds. The Morgan fingerprint density at radius 2 is 2.14 bits per heavy atom. The fourth-order valence-electron chi connectivity index (χ4n) is 1.24. The number of amidine groups is 1. The number of ether oxygens (including phenoxy) is 1. The third-order valence-corrected chi connectivity index (χ3v) is 2.45. The van der Waals surface area contributed by atoms with Gasteiger partial charge in [-0.25, -0.2) is 0 Å². The Labute approximate surface area is 122 Å². The lowest BCUT2D eigenvalue weighted by atomic mass is 10.2. The first-order chi connectivity index (χ1) is 9.64. The van der Waals surface area contributed by atoms with Gasteiger partial charge in [0, 0.05) is 0 Å². The number of nitriles is 1. The van der Waals surface area contributed by atoms with Gasteiger partial charge in [0.15, 0.2) is 5.84 Å². The molecule has 0 radical (unpaired) electrons. The Morgan fingerprint density at radius 1 is 1.52 bits per heavy atom. The van der Waals surface area contributed by atoms with Crippen molar-refractivity contribution in [3.05, 3.63) is 22.7 Å². The zero-order valence-electron chi connectivity index (χ0n) is 10.5. The summed E-state index contributed by atoms with van der Waals surface area (Å²) in [6.07, 6.45) is -4.86. The van der Waals surface area contributed by atoms with Gasteiger partial charge in [-0.3, -0.25) is 10.8 Å². The SMILES string of the molecule is Cc1cc(OC(F)(F)F)c(Cl)cc1N/N=C(\C#N)C(=N)N. The Morgan fingerprint density at radius 3 is 2.62 bits per heavy atom. The van der Waals surface area contributed by atoms with E-state index in [0.29, 0.717) is 5.56 Å². The molecule has 0 unspecified atom stereocenters. The third kappa shape index (κ3) is 4.85. The molecule has 0 spiro atoms. The van der Waals surface area contributed by atoms with E-state index in [1.54, 1.807) is 6.07 Å². The zero-order valence-corrected chi connectivity index (χ0v) is 11.3. The smallest absolute Gasteiger partial charge is 0.404 e. The van der Waals surface area contributed by atoms with Gasteiger partial charge in [-0.1, -0.05) is 11.6 Å². The van der Waals surface area contributed by atoms with Crippen LogP contribution in [-0.4, -0.2) is 17.9 Å². The number of hydrogen-bond donors (Lipinski definition) is 3. The summed E-state index contributed by atoms with van der Waals surface area (Å²) in [6.45, 7) is 1.48. The summed E-state index contributed by atoms with van der Waals surface area (Å²) < 4.78 is 40.2. The van der Waals surface area contributed by atoms with Crippen molar-refractivity contribution in [2.45, 2.75) is 13.3 Å². The first-order valence-corrected chi connectivity index (χ1v) is 5.66. The molecule has 0 heterocycles. The van der Waals surface area contributed by atoms with Crippen molar-refractivity contribution in [1.82, 2.24) is 0 Å². The standard InChI is InChI=1S/C11H9ClF3N5O/c1-5-2-9(21-11(13,14)15)6(12)3-7(5)19-20-8(4-16)10(17)18/h2-3,19H,1H3,(H3,17,18)/b20-8+. The van der Waals surface area contributed by atoms with E-state index in [4.69, 9.17) is 28.0 Å². The third-order valence-electron chi connectivity index (χ3n) is 2.15. The van der Waals surface area contributed by atoms with Crippen molar-refractivity contribution in [2.75, 3.05) is 5.43 Å². The van der Waals surface area contributed by atoms with Crippen molar-refractivity contribution in [2.24, 2.45) is 10.8 Å². The molecule has 0 aliphatic rings. The van der Waals surface area contributed by atoms with Crippen molar-refractivity contribution >= 4 is 28.8 Å². The first kappa shape index (κ1) is 16.6. The Balaban J connectivity index is 3.05.